The Morgan fingerprint density at radius 1 is 1.26 bits per heavy atom. The van der Waals surface area contributed by atoms with Gasteiger partial charge in [0.05, 0.1) is 7.11 Å². The first-order valence-electron chi connectivity index (χ1n) is 7.82. The second kappa shape index (κ2) is 5.31. The lowest BCUT2D eigenvalue weighted by Gasteiger charge is -2.22. The van der Waals surface area contributed by atoms with Gasteiger partial charge in [0.25, 0.3) is 0 Å². The lowest BCUT2D eigenvalue weighted by molar-refractivity contribution is -0.136. The first-order valence-corrected chi connectivity index (χ1v) is 8.87. The molecule has 1 spiro atoms. The zero-order chi connectivity index (χ0) is 16.0. The third-order valence-corrected chi connectivity index (χ3v) is 5.98. The van der Waals surface area contributed by atoms with Gasteiger partial charge in [0.1, 0.15) is 16.9 Å². The number of esters is 1. The lowest BCUT2D eigenvalue weighted by atomic mass is 9.76. The van der Waals surface area contributed by atoms with Crippen molar-refractivity contribution in [2.45, 2.75) is 24.0 Å². The van der Waals surface area contributed by atoms with E-state index >= 15 is 0 Å². The Hall–Kier alpha value is -1.94. The average Bonchev–Trinajstić information content (AvgIpc) is 3.05. The number of thioether (sulfide) groups is 1. The fraction of sp³-hybridized carbons (Fsp3) is 0.316. The fourth-order valence-electron chi connectivity index (χ4n) is 3.82. The molecule has 3 nitrogen and oxygen atoms in total. The average molecular weight is 326 g/mol. The van der Waals surface area contributed by atoms with Crippen molar-refractivity contribution < 1.29 is 14.3 Å². The molecule has 1 heterocycles. The number of ether oxygens (including phenoxy) is 2. The van der Waals surface area contributed by atoms with E-state index in [1.807, 2.05) is 42.1 Å². The van der Waals surface area contributed by atoms with Crippen LogP contribution in [0.15, 0.2) is 42.5 Å². The number of hydrogen-bond acceptors (Lipinski definition) is 4. The Bertz CT molecular complexity index is 786. The summed E-state index contributed by atoms with van der Waals surface area (Å²) in [5.74, 6) is 2.28. The van der Waals surface area contributed by atoms with E-state index in [-0.39, 0.29) is 5.97 Å². The Balaban J connectivity index is 1.94. The van der Waals surface area contributed by atoms with Crippen LogP contribution in [-0.2, 0) is 10.2 Å². The molecule has 0 bridgehead atoms. The number of hydrogen-bond donors (Lipinski definition) is 0. The van der Waals surface area contributed by atoms with Crippen LogP contribution in [0.3, 0.4) is 0 Å². The van der Waals surface area contributed by atoms with E-state index in [1.165, 1.54) is 5.56 Å². The van der Waals surface area contributed by atoms with Gasteiger partial charge in [-0.15, -0.1) is 0 Å². The van der Waals surface area contributed by atoms with E-state index in [0.717, 1.165) is 29.1 Å². The molecule has 4 rings (SSSR count). The highest BCUT2D eigenvalue weighted by Gasteiger charge is 2.56. The van der Waals surface area contributed by atoms with Gasteiger partial charge in [0.2, 0.25) is 0 Å². The first kappa shape index (κ1) is 14.6. The second-order valence-corrected chi connectivity index (χ2v) is 7.37. The van der Waals surface area contributed by atoms with Crippen LogP contribution in [0.1, 0.15) is 35.3 Å². The molecule has 23 heavy (non-hydrogen) atoms. The zero-order valence-electron chi connectivity index (χ0n) is 13.2. The molecule has 4 heteroatoms. The van der Waals surface area contributed by atoms with E-state index in [4.69, 9.17) is 9.47 Å². The Morgan fingerprint density at radius 2 is 2.09 bits per heavy atom. The summed E-state index contributed by atoms with van der Waals surface area (Å²) in [4.78, 5) is 12.9. The van der Waals surface area contributed by atoms with Gasteiger partial charge in [-0.25, -0.2) is 0 Å². The molecule has 0 radical (unpaired) electrons. The summed E-state index contributed by atoms with van der Waals surface area (Å²) in [5.41, 5.74) is 2.59. The molecule has 1 aliphatic carbocycles. The minimum atomic E-state index is -0.687. The van der Waals surface area contributed by atoms with Gasteiger partial charge < -0.3 is 9.47 Å². The van der Waals surface area contributed by atoms with Crippen molar-refractivity contribution in [1.82, 2.24) is 0 Å². The Labute approximate surface area is 140 Å². The Kier molecular flexibility index (Phi) is 3.38. The number of benzene rings is 2. The standard InChI is InChI=1S/C19H18O3S/c1-3-23-17-11-19(14-7-5-4-6-13(14)17)15-10-12(21-2)8-9-16(15)22-18(19)20/h4-10,17H,3,11H2,1-2H3. The van der Waals surface area contributed by atoms with Crippen molar-refractivity contribution in [2.24, 2.45) is 0 Å². The number of rotatable bonds is 3. The third kappa shape index (κ3) is 1.94. The molecule has 2 unspecified atom stereocenters. The summed E-state index contributed by atoms with van der Waals surface area (Å²) >= 11 is 1.89. The summed E-state index contributed by atoms with van der Waals surface area (Å²) in [6, 6.07) is 13.9. The topological polar surface area (TPSA) is 35.5 Å². The highest BCUT2D eigenvalue weighted by Crippen LogP contribution is 2.58. The van der Waals surface area contributed by atoms with E-state index in [1.54, 1.807) is 7.11 Å². The summed E-state index contributed by atoms with van der Waals surface area (Å²) in [6.45, 7) is 2.15. The van der Waals surface area contributed by atoms with Crippen molar-refractivity contribution in [3.05, 3.63) is 59.2 Å². The summed E-state index contributed by atoms with van der Waals surface area (Å²) in [6.07, 6.45) is 0.754. The highest BCUT2D eigenvalue weighted by molar-refractivity contribution is 7.99. The minimum absolute atomic E-state index is 0.160. The van der Waals surface area contributed by atoms with Crippen LogP contribution < -0.4 is 9.47 Å². The molecule has 118 valence electrons. The molecule has 0 N–H and O–H groups in total. The van der Waals surface area contributed by atoms with Gasteiger partial charge in [0.15, 0.2) is 0 Å². The lowest BCUT2D eigenvalue weighted by Crippen LogP contribution is -2.32. The van der Waals surface area contributed by atoms with Crippen LogP contribution in [-0.4, -0.2) is 18.8 Å². The zero-order valence-corrected chi connectivity index (χ0v) is 14.0. The Morgan fingerprint density at radius 3 is 2.87 bits per heavy atom. The van der Waals surface area contributed by atoms with Crippen molar-refractivity contribution in [3.8, 4) is 11.5 Å². The monoisotopic (exact) mass is 326 g/mol. The van der Waals surface area contributed by atoms with Gasteiger partial charge in [-0.1, -0.05) is 31.2 Å². The molecule has 2 aromatic rings. The van der Waals surface area contributed by atoms with Crippen LogP contribution in [0.4, 0.5) is 0 Å². The van der Waals surface area contributed by atoms with Gasteiger partial charge in [-0.05, 0) is 41.5 Å². The molecule has 0 saturated heterocycles. The summed E-state index contributed by atoms with van der Waals surface area (Å²) < 4.78 is 11.0. The second-order valence-electron chi connectivity index (χ2n) is 5.89. The van der Waals surface area contributed by atoms with Gasteiger partial charge in [0, 0.05) is 10.8 Å². The molecule has 0 saturated carbocycles. The predicted molar refractivity (Wildman–Crippen MR) is 91.3 cm³/mol. The molecule has 2 aliphatic rings. The SMILES string of the molecule is CCSC1CC2(C(=O)Oc3ccc(OC)cc32)c2ccccc21. The highest BCUT2D eigenvalue weighted by atomic mass is 32.2. The van der Waals surface area contributed by atoms with E-state index in [0.29, 0.717) is 11.0 Å². The van der Waals surface area contributed by atoms with Crippen molar-refractivity contribution >= 4 is 17.7 Å². The summed E-state index contributed by atoms with van der Waals surface area (Å²) in [5, 5.41) is 0.320. The molecule has 0 aromatic heterocycles. The van der Waals surface area contributed by atoms with E-state index < -0.39 is 5.41 Å². The van der Waals surface area contributed by atoms with Crippen molar-refractivity contribution in [2.75, 3.05) is 12.9 Å². The molecule has 2 aromatic carbocycles. The maximum Gasteiger partial charge on any atom is 0.326 e. The smallest absolute Gasteiger partial charge is 0.326 e. The third-order valence-electron chi connectivity index (χ3n) is 4.82. The molecule has 2 atom stereocenters. The number of carbonyl (C=O) groups is 1. The van der Waals surface area contributed by atoms with Crippen LogP contribution in [0.2, 0.25) is 0 Å². The van der Waals surface area contributed by atoms with Gasteiger partial charge in [-0.3, -0.25) is 4.79 Å². The maximum absolute atomic E-state index is 12.9. The van der Waals surface area contributed by atoms with Crippen LogP contribution in [0.25, 0.3) is 0 Å². The molecular formula is C19H18O3S. The molecular weight excluding hydrogens is 308 g/mol. The maximum atomic E-state index is 12.9. The first-order chi connectivity index (χ1) is 11.2. The molecule has 0 amide bonds. The minimum Gasteiger partial charge on any atom is -0.497 e. The predicted octanol–water partition coefficient (Wildman–Crippen LogP) is 4.10. The van der Waals surface area contributed by atoms with Crippen LogP contribution >= 0.6 is 11.8 Å². The van der Waals surface area contributed by atoms with Crippen molar-refractivity contribution in [1.29, 1.82) is 0 Å². The number of fused-ring (bicyclic) bond motifs is 4. The van der Waals surface area contributed by atoms with Crippen LogP contribution in [0, 0.1) is 0 Å². The quantitative estimate of drug-likeness (QED) is 0.628. The molecule has 1 aliphatic heterocycles. The normalized spacial score (nSPS) is 24.4. The van der Waals surface area contributed by atoms with Gasteiger partial charge in [-0.2, -0.15) is 11.8 Å². The summed E-state index contributed by atoms with van der Waals surface area (Å²) in [7, 11) is 1.64. The van der Waals surface area contributed by atoms with E-state index in [9.17, 15) is 4.79 Å². The van der Waals surface area contributed by atoms with Crippen LogP contribution in [0.5, 0.6) is 11.5 Å². The number of carbonyl (C=O) groups excluding carboxylic acids is 1. The van der Waals surface area contributed by atoms with E-state index in [2.05, 4.69) is 19.1 Å². The van der Waals surface area contributed by atoms with Crippen molar-refractivity contribution in [3.63, 3.8) is 0 Å². The fourth-order valence-corrected chi connectivity index (χ4v) is 4.97. The van der Waals surface area contributed by atoms with Gasteiger partial charge >= 0.3 is 5.97 Å². The largest absolute Gasteiger partial charge is 0.497 e. The molecule has 0 fully saturated rings. The number of methoxy groups -OCH3 is 1.